The first-order valence-electron chi connectivity index (χ1n) is 7.55. The Hall–Kier alpha value is -3.09. The summed E-state index contributed by atoms with van der Waals surface area (Å²) in [7, 11) is 1.23. The number of carbonyl (C=O) groups is 2. The summed E-state index contributed by atoms with van der Waals surface area (Å²) >= 11 is 0. The van der Waals surface area contributed by atoms with Gasteiger partial charge >= 0.3 is 12.1 Å². The molecule has 0 saturated heterocycles. The Bertz CT molecular complexity index is 827. The number of carbonyl (C=O) groups excluding carboxylic acids is 2. The van der Waals surface area contributed by atoms with Gasteiger partial charge < -0.3 is 10.1 Å². The Morgan fingerprint density at radius 2 is 1.69 bits per heavy atom. The van der Waals surface area contributed by atoms with Gasteiger partial charge in [-0.1, -0.05) is 30.8 Å². The van der Waals surface area contributed by atoms with E-state index in [1.807, 2.05) is 0 Å². The Morgan fingerprint density at radius 1 is 1.08 bits per heavy atom. The number of para-hydroxylation sites is 1. The summed E-state index contributed by atoms with van der Waals surface area (Å²) in [4.78, 5) is 23.9. The largest absolute Gasteiger partial charge is 0.465 e. The molecule has 0 saturated carbocycles. The second-order valence-electron chi connectivity index (χ2n) is 5.44. The second-order valence-corrected chi connectivity index (χ2v) is 5.44. The molecule has 0 atom stereocenters. The van der Waals surface area contributed by atoms with E-state index in [2.05, 4.69) is 16.6 Å². The maximum absolute atomic E-state index is 12.6. The van der Waals surface area contributed by atoms with E-state index in [1.165, 1.54) is 25.3 Å². The zero-order valence-electron chi connectivity index (χ0n) is 13.9. The third-order valence-corrected chi connectivity index (χ3v) is 3.60. The van der Waals surface area contributed by atoms with E-state index in [-0.39, 0.29) is 17.7 Å². The Labute approximate surface area is 148 Å². The summed E-state index contributed by atoms with van der Waals surface area (Å²) in [6.45, 7) is 3.74. The van der Waals surface area contributed by atoms with E-state index in [0.717, 1.165) is 12.1 Å². The maximum atomic E-state index is 12.6. The van der Waals surface area contributed by atoms with E-state index < -0.39 is 23.6 Å². The molecule has 0 aliphatic rings. The van der Waals surface area contributed by atoms with E-state index in [1.54, 1.807) is 18.2 Å². The van der Waals surface area contributed by atoms with Gasteiger partial charge in [0.2, 0.25) is 5.91 Å². The first-order valence-corrected chi connectivity index (χ1v) is 7.55. The molecule has 1 amide bonds. The minimum Gasteiger partial charge on any atom is -0.465 e. The van der Waals surface area contributed by atoms with Gasteiger partial charge in [-0.2, -0.15) is 13.2 Å². The quantitative estimate of drug-likeness (QED) is 0.794. The van der Waals surface area contributed by atoms with Crippen LogP contribution in [0.5, 0.6) is 0 Å². The van der Waals surface area contributed by atoms with Crippen molar-refractivity contribution in [1.82, 2.24) is 0 Å². The van der Waals surface area contributed by atoms with Crippen LogP contribution in [0.25, 0.3) is 5.57 Å². The lowest BCUT2D eigenvalue weighted by atomic mass is 10.0. The molecule has 0 radical (unpaired) electrons. The van der Waals surface area contributed by atoms with Crippen molar-refractivity contribution in [3.63, 3.8) is 0 Å². The summed E-state index contributed by atoms with van der Waals surface area (Å²) in [5, 5.41) is 2.58. The highest BCUT2D eigenvalue weighted by Gasteiger charge is 2.30. The number of methoxy groups -OCH3 is 1. The predicted molar refractivity (Wildman–Crippen MR) is 91.5 cm³/mol. The fraction of sp³-hybridized carbons (Fsp3) is 0.158. The molecule has 0 aromatic heterocycles. The topological polar surface area (TPSA) is 55.4 Å². The Balaban J connectivity index is 2.06. The number of benzene rings is 2. The van der Waals surface area contributed by atoms with Gasteiger partial charge in [0.1, 0.15) is 0 Å². The molecule has 2 rings (SSSR count). The highest BCUT2D eigenvalue weighted by Crippen LogP contribution is 2.30. The highest BCUT2D eigenvalue weighted by molar-refractivity contribution is 6.03. The lowest BCUT2D eigenvalue weighted by molar-refractivity contribution is -0.137. The summed E-state index contributed by atoms with van der Waals surface area (Å²) in [6, 6.07) is 10.7. The minimum absolute atomic E-state index is 0.138. The van der Waals surface area contributed by atoms with Crippen LogP contribution in [0.4, 0.5) is 18.9 Å². The second kappa shape index (κ2) is 7.86. The molecular weight excluding hydrogens is 347 g/mol. The highest BCUT2D eigenvalue weighted by atomic mass is 19.4. The van der Waals surface area contributed by atoms with Crippen molar-refractivity contribution < 1.29 is 27.5 Å². The molecule has 1 N–H and O–H groups in total. The number of halogens is 3. The third kappa shape index (κ3) is 4.72. The Kier molecular flexibility index (Phi) is 5.82. The lowest BCUT2D eigenvalue weighted by Crippen LogP contribution is -2.15. The molecule has 0 fully saturated rings. The van der Waals surface area contributed by atoms with Crippen LogP contribution < -0.4 is 5.32 Å². The van der Waals surface area contributed by atoms with Gasteiger partial charge in [0.15, 0.2) is 0 Å². The normalized spacial score (nSPS) is 10.9. The smallest absolute Gasteiger partial charge is 0.416 e. The minimum atomic E-state index is -4.42. The molecule has 26 heavy (non-hydrogen) atoms. The van der Waals surface area contributed by atoms with E-state index in [4.69, 9.17) is 0 Å². The van der Waals surface area contributed by atoms with Gasteiger partial charge in [-0.15, -0.1) is 0 Å². The van der Waals surface area contributed by atoms with Gasteiger partial charge in [-0.25, -0.2) is 4.79 Å². The van der Waals surface area contributed by atoms with Crippen LogP contribution in [0.2, 0.25) is 0 Å². The van der Waals surface area contributed by atoms with Crippen LogP contribution >= 0.6 is 0 Å². The standard InChI is InChI=1S/C19H16F3NO3/c1-12(13-7-9-14(10-8-13)19(20,21)22)11-17(24)23-16-6-4-3-5-15(16)18(25)26-2/h3-10H,1,11H2,2H3,(H,23,24). The number of rotatable bonds is 5. The molecule has 0 heterocycles. The molecule has 7 heteroatoms. The molecule has 0 aliphatic carbocycles. The monoisotopic (exact) mass is 363 g/mol. The fourth-order valence-electron chi connectivity index (χ4n) is 2.27. The molecule has 0 bridgehead atoms. The number of hydrogen-bond donors (Lipinski definition) is 1. The SMILES string of the molecule is C=C(CC(=O)Nc1ccccc1C(=O)OC)c1ccc(C(F)(F)F)cc1. The average molecular weight is 363 g/mol. The maximum Gasteiger partial charge on any atom is 0.416 e. The summed E-state index contributed by atoms with van der Waals surface area (Å²) in [6.07, 6.45) is -4.56. The molecule has 2 aromatic carbocycles. The van der Waals surface area contributed by atoms with Crippen molar-refractivity contribution in [2.75, 3.05) is 12.4 Å². The van der Waals surface area contributed by atoms with Crippen molar-refractivity contribution in [2.45, 2.75) is 12.6 Å². The Morgan fingerprint density at radius 3 is 2.27 bits per heavy atom. The van der Waals surface area contributed by atoms with Crippen molar-refractivity contribution in [3.8, 4) is 0 Å². The number of amides is 1. The summed E-state index contributed by atoms with van der Waals surface area (Å²) in [5.74, 6) is -1.05. The fourth-order valence-corrected chi connectivity index (χ4v) is 2.27. The molecule has 0 aliphatic heterocycles. The van der Waals surface area contributed by atoms with Crippen LogP contribution in [-0.4, -0.2) is 19.0 Å². The number of nitrogens with one attached hydrogen (secondary N) is 1. The number of hydrogen-bond acceptors (Lipinski definition) is 3. The van der Waals surface area contributed by atoms with Crippen LogP contribution in [-0.2, 0) is 15.7 Å². The summed E-state index contributed by atoms with van der Waals surface area (Å²) in [5.41, 5.74) is 0.486. The van der Waals surface area contributed by atoms with Crippen molar-refractivity contribution >= 4 is 23.1 Å². The van der Waals surface area contributed by atoms with Gasteiger partial charge in [0, 0.05) is 0 Å². The number of ether oxygens (including phenoxy) is 1. The molecule has 0 spiro atoms. The van der Waals surface area contributed by atoms with Crippen LogP contribution in [0, 0.1) is 0 Å². The van der Waals surface area contributed by atoms with E-state index in [9.17, 15) is 22.8 Å². The van der Waals surface area contributed by atoms with Crippen molar-refractivity contribution in [2.24, 2.45) is 0 Å². The molecule has 136 valence electrons. The third-order valence-electron chi connectivity index (χ3n) is 3.60. The first kappa shape index (κ1) is 19.2. The van der Waals surface area contributed by atoms with E-state index in [0.29, 0.717) is 11.1 Å². The first-order chi connectivity index (χ1) is 12.2. The molecule has 2 aromatic rings. The molecule has 4 nitrogen and oxygen atoms in total. The van der Waals surface area contributed by atoms with E-state index >= 15 is 0 Å². The zero-order valence-corrected chi connectivity index (χ0v) is 13.9. The van der Waals surface area contributed by atoms with Crippen LogP contribution in [0.15, 0.2) is 55.1 Å². The van der Waals surface area contributed by atoms with Gasteiger partial charge in [-0.05, 0) is 35.4 Å². The number of anilines is 1. The lowest BCUT2D eigenvalue weighted by Gasteiger charge is -2.11. The molecular formula is C19H16F3NO3. The van der Waals surface area contributed by atoms with Crippen LogP contribution in [0.3, 0.4) is 0 Å². The van der Waals surface area contributed by atoms with Gasteiger partial charge in [0.25, 0.3) is 0 Å². The molecule has 0 unspecified atom stereocenters. The van der Waals surface area contributed by atoms with Crippen LogP contribution in [0.1, 0.15) is 27.9 Å². The average Bonchev–Trinajstić information content (AvgIpc) is 2.60. The van der Waals surface area contributed by atoms with Crippen molar-refractivity contribution in [1.29, 1.82) is 0 Å². The van der Waals surface area contributed by atoms with Crippen molar-refractivity contribution in [3.05, 3.63) is 71.8 Å². The van der Waals surface area contributed by atoms with Gasteiger partial charge in [0.05, 0.1) is 30.3 Å². The predicted octanol–water partition coefficient (Wildman–Crippen LogP) is 4.53. The summed E-state index contributed by atoms with van der Waals surface area (Å²) < 4.78 is 42.4. The number of esters is 1. The zero-order chi connectivity index (χ0) is 19.3. The number of alkyl halides is 3. The van der Waals surface area contributed by atoms with Gasteiger partial charge in [-0.3, -0.25) is 4.79 Å².